The van der Waals surface area contributed by atoms with Gasteiger partial charge in [-0.1, -0.05) is 17.2 Å². The third kappa shape index (κ3) is 3.01. The number of ether oxygens (including phenoxy) is 2. The van der Waals surface area contributed by atoms with Gasteiger partial charge in [0, 0.05) is 6.08 Å². The van der Waals surface area contributed by atoms with Crippen LogP contribution in [0.1, 0.15) is 26.7 Å². The summed E-state index contributed by atoms with van der Waals surface area (Å²) >= 11 is 0. The third-order valence-electron chi connectivity index (χ3n) is 5.59. The van der Waals surface area contributed by atoms with Crippen molar-refractivity contribution in [3.05, 3.63) is 47.6 Å². The Morgan fingerprint density at radius 2 is 1.79 bits per heavy atom. The molecular weight excluding hydrogens is 382 g/mol. The first-order valence-electron chi connectivity index (χ1n) is 8.82. The normalized spacial score (nSPS) is 24.8. The highest BCUT2D eigenvalue weighted by molar-refractivity contribution is 7.89. The summed E-state index contributed by atoms with van der Waals surface area (Å²) in [5, 5.41) is 0. The van der Waals surface area contributed by atoms with Crippen LogP contribution < -0.4 is 4.74 Å². The number of fused-ring (bicyclic) bond motifs is 1. The lowest BCUT2D eigenvalue weighted by atomic mass is 9.67. The molecule has 0 saturated carbocycles. The largest absolute Gasteiger partial charge is 0.497 e. The maximum atomic E-state index is 13.4. The van der Waals surface area contributed by atoms with E-state index in [4.69, 9.17) is 9.47 Å². The number of methoxy groups -OCH3 is 2. The van der Waals surface area contributed by atoms with E-state index in [1.165, 1.54) is 44.6 Å². The molecule has 1 heterocycles. The van der Waals surface area contributed by atoms with Crippen molar-refractivity contribution in [3.8, 4) is 5.75 Å². The molecule has 0 fully saturated rings. The minimum atomic E-state index is -4.18. The van der Waals surface area contributed by atoms with Crippen molar-refractivity contribution in [2.45, 2.75) is 37.6 Å². The van der Waals surface area contributed by atoms with Crippen LogP contribution in [0.25, 0.3) is 0 Å². The summed E-state index contributed by atoms with van der Waals surface area (Å²) in [6, 6.07) is 4.92. The highest BCUT2D eigenvalue weighted by Gasteiger charge is 2.56. The van der Waals surface area contributed by atoms with E-state index in [-0.39, 0.29) is 11.3 Å². The van der Waals surface area contributed by atoms with Gasteiger partial charge in [0.25, 0.3) is 15.9 Å². The molecule has 0 N–H and O–H groups in total. The van der Waals surface area contributed by atoms with Gasteiger partial charge >= 0.3 is 5.97 Å². The van der Waals surface area contributed by atoms with Gasteiger partial charge in [-0.25, -0.2) is 12.7 Å². The van der Waals surface area contributed by atoms with E-state index in [2.05, 4.69) is 0 Å². The van der Waals surface area contributed by atoms with Crippen LogP contribution in [0.4, 0.5) is 0 Å². The molecule has 0 unspecified atom stereocenters. The Morgan fingerprint density at radius 1 is 1.14 bits per heavy atom. The van der Waals surface area contributed by atoms with Crippen LogP contribution in [0.3, 0.4) is 0 Å². The third-order valence-corrected chi connectivity index (χ3v) is 7.41. The number of carbonyl (C=O) groups is 2. The van der Waals surface area contributed by atoms with Crippen molar-refractivity contribution in [1.82, 2.24) is 4.31 Å². The topological polar surface area (TPSA) is 90.0 Å². The molecule has 0 bridgehead atoms. The number of benzene rings is 1. The van der Waals surface area contributed by atoms with Crippen molar-refractivity contribution in [2.75, 3.05) is 14.2 Å². The molecule has 8 heteroatoms. The van der Waals surface area contributed by atoms with Gasteiger partial charge in [-0.2, -0.15) is 0 Å². The number of nitrogens with zero attached hydrogens (tertiary/aromatic N) is 1. The molecule has 150 valence electrons. The second-order valence-electron chi connectivity index (χ2n) is 7.14. The van der Waals surface area contributed by atoms with E-state index < -0.39 is 33.4 Å². The quantitative estimate of drug-likeness (QED) is 0.565. The summed E-state index contributed by atoms with van der Waals surface area (Å²) in [7, 11) is -1.44. The van der Waals surface area contributed by atoms with Crippen LogP contribution in [0.2, 0.25) is 0 Å². The second kappa shape index (κ2) is 7.09. The summed E-state index contributed by atoms with van der Waals surface area (Å²) in [6.45, 7) is 3.79. The minimum Gasteiger partial charge on any atom is -0.497 e. The molecule has 0 spiro atoms. The molecule has 1 aromatic rings. The second-order valence-corrected chi connectivity index (χ2v) is 8.95. The summed E-state index contributed by atoms with van der Waals surface area (Å²) in [5.41, 5.74) is 0.719. The number of esters is 1. The zero-order chi connectivity index (χ0) is 20.7. The summed E-state index contributed by atoms with van der Waals surface area (Å²) < 4.78 is 37.6. The van der Waals surface area contributed by atoms with E-state index in [0.717, 1.165) is 21.5 Å². The molecule has 0 radical (unpaired) electrons. The molecule has 1 aliphatic carbocycles. The molecule has 1 aliphatic heterocycles. The molecule has 0 aromatic heterocycles. The smallest absolute Gasteiger partial charge is 0.318 e. The number of amides is 1. The predicted molar refractivity (Wildman–Crippen MR) is 102 cm³/mol. The Kier molecular flexibility index (Phi) is 5.10. The van der Waals surface area contributed by atoms with Crippen LogP contribution in [-0.2, 0) is 24.3 Å². The van der Waals surface area contributed by atoms with Crippen molar-refractivity contribution in [3.63, 3.8) is 0 Å². The van der Waals surface area contributed by atoms with Crippen LogP contribution in [0, 0.1) is 5.41 Å². The number of hydrogen-bond acceptors (Lipinski definition) is 6. The van der Waals surface area contributed by atoms with Gasteiger partial charge in [0.1, 0.15) is 11.2 Å². The Morgan fingerprint density at radius 3 is 2.36 bits per heavy atom. The van der Waals surface area contributed by atoms with Gasteiger partial charge in [0.15, 0.2) is 0 Å². The van der Waals surface area contributed by atoms with Gasteiger partial charge in [0.05, 0.1) is 25.2 Å². The molecular formula is C20H23NO6S. The van der Waals surface area contributed by atoms with Crippen LogP contribution in [0.15, 0.2) is 52.5 Å². The first kappa shape index (κ1) is 20.1. The van der Waals surface area contributed by atoms with E-state index >= 15 is 0 Å². The number of hydrogen-bond donors (Lipinski definition) is 0. The van der Waals surface area contributed by atoms with Crippen molar-refractivity contribution in [2.24, 2.45) is 5.41 Å². The maximum absolute atomic E-state index is 13.4. The van der Waals surface area contributed by atoms with Crippen molar-refractivity contribution >= 4 is 21.9 Å². The maximum Gasteiger partial charge on any atom is 0.318 e. The molecule has 7 nitrogen and oxygen atoms in total. The fraction of sp³-hybridized carbons (Fsp3) is 0.400. The summed E-state index contributed by atoms with van der Waals surface area (Å²) in [5.74, 6) is -0.726. The Bertz CT molecular complexity index is 976. The Labute approximate surface area is 164 Å². The number of allylic oxidation sites excluding steroid dienone is 1. The van der Waals surface area contributed by atoms with E-state index in [9.17, 15) is 18.0 Å². The zero-order valence-electron chi connectivity index (χ0n) is 16.3. The fourth-order valence-corrected chi connectivity index (χ4v) is 5.48. The van der Waals surface area contributed by atoms with Gasteiger partial charge in [-0.3, -0.25) is 9.59 Å². The molecule has 0 saturated heterocycles. The van der Waals surface area contributed by atoms with E-state index in [1.54, 1.807) is 0 Å². The monoisotopic (exact) mass is 405 g/mol. The molecule has 1 amide bonds. The van der Waals surface area contributed by atoms with Gasteiger partial charge in [0.2, 0.25) is 0 Å². The number of sulfonamides is 1. The fourth-order valence-electron chi connectivity index (χ4n) is 3.88. The molecule has 2 aliphatic rings. The van der Waals surface area contributed by atoms with Crippen LogP contribution in [0.5, 0.6) is 5.75 Å². The molecule has 2 atom stereocenters. The highest BCUT2D eigenvalue weighted by Crippen LogP contribution is 2.47. The average Bonchev–Trinajstić information content (AvgIpc) is 2.68. The molecule has 3 rings (SSSR count). The molecule has 1 aromatic carbocycles. The first-order chi connectivity index (χ1) is 13.2. The SMILES string of the molecule is COC(=O)[C@]12C=CC(=O)N(S(=O)(=O)c3ccc(OC)cc3)[C@H]1CC(C)=C(C)C2. The summed E-state index contributed by atoms with van der Waals surface area (Å²) in [4.78, 5) is 25.4. The summed E-state index contributed by atoms with van der Waals surface area (Å²) in [6.07, 6.45) is 3.23. The Balaban J connectivity index is 2.15. The first-order valence-corrected chi connectivity index (χ1v) is 10.3. The van der Waals surface area contributed by atoms with Gasteiger partial charge in [-0.05, 0) is 51.0 Å². The van der Waals surface area contributed by atoms with Gasteiger partial charge in [-0.15, -0.1) is 0 Å². The average molecular weight is 405 g/mol. The lowest BCUT2D eigenvalue weighted by Crippen LogP contribution is -2.59. The predicted octanol–water partition coefficient (Wildman–Crippen LogP) is 2.44. The number of rotatable bonds is 4. The lowest BCUT2D eigenvalue weighted by Gasteiger charge is -2.47. The van der Waals surface area contributed by atoms with E-state index in [1.807, 2.05) is 13.8 Å². The Hall–Kier alpha value is -2.61. The molecule has 28 heavy (non-hydrogen) atoms. The van der Waals surface area contributed by atoms with Crippen LogP contribution in [-0.4, -0.2) is 44.9 Å². The van der Waals surface area contributed by atoms with E-state index in [0.29, 0.717) is 12.2 Å². The van der Waals surface area contributed by atoms with Crippen LogP contribution >= 0.6 is 0 Å². The lowest BCUT2D eigenvalue weighted by molar-refractivity contribution is -0.154. The number of carbonyl (C=O) groups excluding carboxylic acids is 2. The zero-order valence-corrected chi connectivity index (χ0v) is 17.1. The van der Waals surface area contributed by atoms with Crippen molar-refractivity contribution < 1.29 is 27.5 Å². The highest BCUT2D eigenvalue weighted by atomic mass is 32.2. The standard InChI is InChI=1S/C20H23NO6S/c1-13-11-17-20(12-14(13)2,19(23)27-4)10-9-18(22)21(17)28(24,25)16-7-5-15(26-3)6-8-16/h5-10,17H,11-12H2,1-4H3/t17-,20-/m0/s1. The van der Waals surface area contributed by atoms with Gasteiger partial charge < -0.3 is 9.47 Å². The minimum absolute atomic E-state index is 0.0420. The van der Waals surface area contributed by atoms with Crippen molar-refractivity contribution in [1.29, 1.82) is 0 Å².